The van der Waals surface area contributed by atoms with Gasteiger partial charge >= 0.3 is 0 Å². The van der Waals surface area contributed by atoms with Gasteiger partial charge in [-0.3, -0.25) is 9.78 Å². The fourth-order valence-electron chi connectivity index (χ4n) is 4.56. The molecule has 1 saturated carbocycles. The first-order valence-electron chi connectivity index (χ1n) is 12.0. The number of aromatic nitrogens is 1. The summed E-state index contributed by atoms with van der Waals surface area (Å²) in [4.78, 5) is 19.2. The van der Waals surface area contributed by atoms with Gasteiger partial charge in [0, 0.05) is 41.0 Å². The van der Waals surface area contributed by atoms with E-state index in [9.17, 15) is 4.79 Å². The summed E-state index contributed by atoms with van der Waals surface area (Å²) in [5.41, 5.74) is 3.58. The van der Waals surface area contributed by atoms with Gasteiger partial charge in [0.25, 0.3) is 0 Å². The third kappa shape index (κ3) is 4.42. The lowest BCUT2D eigenvalue weighted by molar-refractivity contribution is 0.0989. The third-order valence-electron chi connectivity index (χ3n) is 7.08. The molecule has 0 aliphatic heterocycles. The Kier molecular flexibility index (Phi) is 6.07. The van der Waals surface area contributed by atoms with E-state index in [1.54, 1.807) is 13.3 Å². The lowest BCUT2D eigenvalue weighted by Gasteiger charge is -2.24. The Hall–Kier alpha value is -3.64. The second kappa shape index (κ2) is 9.19. The fraction of sp³-hybridized carbons (Fsp3) is 0.310. The number of hydrogen-bond donors (Lipinski definition) is 1. The predicted octanol–water partition coefficient (Wildman–Crippen LogP) is 6.21. The van der Waals surface area contributed by atoms with Crippen LogP contribution >= 0.6 is 0 Å². The van der Waals surface area contributed by atoms with Crippen molar-refractivity contribution in [2.24, 2.45) is 0 Å². The standard InChI is InChI=1S/C29H31N3O3/c1-5-26(33)22-8-6-7-19-15-20(9-10-21(19)22)31-24-11-14-30-25-17-28(27(34-4)16-23(24)25)35-18-29(12-13-29)32(2)3/h6-11,14-17H,5,12-13,18H2,1-4H3,(H,30,31). The Balaban J connectivity index is 1.46. The summed E-state index contributed by atoms with van der Waals surface area (Å²) in [6.45, 7) is 2.52. The third-order valence-corrected chi connectivity index (χ3v) is 7.08. The SMILES string of the molecule is CCC(=O)c1cccc2cc(Nc3ccnc4cc(OCC5(N(C)C)CC5)c(OC)cc34)ccc12. The van der Waals surface area contributed by atoms with E-state index in [2.05, 4.69) is 35.4 Å². The first kappa shape index (κ1) is 23.1. The van der Waals surface area contributed by atoms with Crippen molar-refractivity contribution in [3.05, 3.63) is 66.4 Å². The van der Waals surface area contributed by atoms with Crippen molar-refractivity contribution < 1.29 is 14.3 Å². The molecule has 1 aliphatic carbocycles. The molecular weight excluding hydrogens is 438 g/mol. The normalized spacial score (nSPS) is 14.3. The van der Waals surface area contributed by atoms with Crippen LogP contribution in [0, 0.1) is 0 Å². The van der Waals surface area contributed by atoms with Crippen LogP contribution in [0.4, 0.5) is 11.4 Å². The van der Waals surface area contributed by atoms with Gasteiger partial charge < -0.3 is 19.7 Å². The molecule has 4 aromatic rings. The lowest BCUT2D eigenvalue weighted by atomic mass is 10.00. The summed E-state index contributed by atoms with van der Waals surface area (Å²) in [5, 5.41) is 6.47. The topological polar surface area (TPSA) is 63.7 Å². The molecule has 0 atom stereocenters. The van der Waals surface area contributed by atoms with Crippen molar-refractivity contribution in [1.29, 1.82) is 0 Å². The van der Waals surface area contributed by atoms with E-state index in [0.29, 0.717) is 24.5 Å². The van der Waals surface area contributed by atoms with Gasteiger partial charge in [-0.2, -0.15) is 0 Å². The van der Waals surface area contributed by atoms with E-state index in [1.165, 1.54) is 0 Å². The van der Waals surface area contributed by atoms with Crippen molar-refractivity contribution in [1.82, 2.24) is 9.88 Å². The number of carbonyl (C=O) groups excluding carboxylic acids is 1. The molecule has 5 rings (SSSR count). The number of hydrogen-bond acceptors (Lipinski definition) is 6. The molecule has 1 N–H and O–H groups in total. The highest BCUT2D eigenvalue weighted by molar-refractivity contribution is 6.08. The summed E-state index contributed by atoms with van der Waals surface area (Å²) in [5.74, 6) is 1.54. The molecule has 1 aliphatic rings. The quantitative estimate of drug-likeness (QED) is 0.294. The van der Waals surface area contributed by atoms with Crippen molar-refractivity contribution in [3.8, 4) is 11.5 Å². The van der Waals surface area contributed by atoms with Gasteiger partial charge in [0.15, 0.2) is 17.3 Å². The van der Waals surface area contributed by atoms with Crippen LogP contribution in [0.5, 0.6) is 11.5 Å². The van der Waals surface area contributed by atoms with E-state index < -0.39 is 0 Å². The number of methoxy groups -OCH3 is 1. The number of likely N-dealkylation sites (N-methyl/N-ethyl adjacent to an activating group) is 1. The average molecular weight is 470 g/mol. The number of pyridine rings is 1. The van der Waals surface area contributed by atoms with Gasteiger partial charge in [0.2, 0.25) is 0 Å². The smallest absolute Gasteiger partial charge is 0.163 e. The van der Waals surface area contributed by atoms with Crippen LogP contribution < -0.4 is 14.8 Å². The van der Waals surface area contributed by atoms with E-state index in [0.717, 1.165) is 51.5 Å². The van der Waals surface area contributed by atoms with Gasteiger partial charge in [-0.1, -0.05) is 31.2 Å². The Morgan fingerprint density at radius 3 is 2.60 bits per heavy atom. The van der Waals surface area contributed by atoms with E-state index in [1.807, 2.05) is 55.5 Å². The summed E-state index contributed by atoms with van der Waals surface area (Å²) < 4.78 is 11.9. The number of Topliss-reactive ketones (excluding diaryl/α,β-unsaturated/α-hetero) is 1. The van der Waals surface area contributed by atoms with Crippen LogP contribution in [0.2, 0.25) is 0 Å². The summed E-state index contributed by atoms with van der Waals surface area (Å²) in [6.07, 6.45) is 4.57. The maximum atomic E-state index is 12.3. The van der Waals surface area contributed by atoms with Crippen LogP contribution in [0.25, 0.3) is 21.7 Å². The molecule has 0 spiro atoms. The minimum absolute atomic E-state index is 0.120. The van der Waals surface area contributed by atoms with E-state index >= 15 is 0 Å². The minimum Gasteiger partial charge on any atom is -0.493 e. The van der Waals surface area contributed by atoms with Gasteiger partial charge in [0.05, 0.1) is 18.2 Å². The second-order valence-corrected chi connectivity index (χ2v) is 9.43. The molecular formula is C29H31N3O3. The van der Waals surface area contributed by atoms with Gasteiger partial charge in [0.1, 0.15) is 6.61 Å². The van der Waals surface area contributed by atoms with Crippen LogP contribution in [0.1, 0.15) is 36.5 Å². The van der Waals surface area contributed by atoms with Crippen molar-refractivity contribution in [2.45, 2.75) is 31.7 Å². The van der Waals surface area contributed by atoms with Crippen LogP contribution in [-0.4, -0.2) is 49.0 Å². The molecule has 0 amide bonds. The number of carbonyl (C=O) groups is 1. The zero-order valence-corrected chi connectivity index (χ0v) is 20.7. The number of fused-ring (bicyclic) bond motifs is 2. The summed E-state index contributed by atoms with van der Waals surface area (Å²) in [6, 6.07) is 17.8. The van der Waals surface area contributed by atoms with Gasteiger partial charge in [-0.15, -0.1) is 0 Å². The highest BCUT2D eigenvalue weighted by atomic mass is 16.5. The Morgan fingerprint density at radius 1 is 1.06 bits per heavy atom. The first-order valence-corrected chi connectivity index (χ1v) is 12.0. The number of rotatable bonds is 9. The van der Waals surface area contributed by atoms with Crippen LogP contribution in [-0.2, 0) is 0 Å². The largest absolute Gasteiger partial charge is 0.493 e. The van der Waals surface area contributed by atoms with Crippen LogP contribution in [0.3, 0.4) is 0 Å². The Bertz CT molecular complexity index is 1410. The highest BCUT2D eigenvalue weighted by Crippen LogP contribution is 2.42. The molecule has 1 heterocycles. The molecule has 180 valence electrons. The number of nitrogens with zero attached hydrogens (tertiary/aromatic N) is 2. The number of ketones is 1. The summed E-state index contributed by atoms with van der Waals surface area (Å²) >= 11 is 0. The molecule has 0 radical (unpaired) electrons. The molecule has 6 heteroatoms. The molecule has 6 nitrogen and oxygen atoms in total. The number of nitrogens with one attached hydrogen (secondary N) is 1. The molecule has 35 heavy (non-hydrogen) atoms. The Morgan fingerprint density at radius 2 is 1.89 bits per heavy atom. The number of anilines is 2. The van der Waals surface area contributed by atoms with Crippen molar-refractivity contribution in [3.63, 3.8) is 0 Å². The molecule has 0 saturated heterocycles. The maximum Gasteiger partial charge on any atom is 0.163 e. The number of ether oxygens (including phenoxy) is 2. The van der Waals surface area contributed by atoms with Crippen molar-refractivity contribution in [2.75, 3.05) is 33.1 Å². The van der Waals surface area contributed by atoms with Gasteiger partial charge in [-0.05, 0) is 62.0 Å². The maximum absolute atomic E-state index is 12.3. The molecule has 0 bridgehead atoms. The molecule has 1 aromatic heterocycles. The van der Waals surface area contributed by atoms with Gasteiger partial charge in [-0.25, -0.2) is 0 Å². The Labute approximate surface area is 205 Å². The predicted molar refractivity (Wildman–Crippen MR) is 141 cm³/mol. The molecule has 3 aromatic carbocycles. The number of benzene rings is 3. The minimum atomic E-state index is 0.120. The van der Waals surface area contributed by atoms with E-state index in [-0.39, 0.29) is 11.3 Å². The highest BCUT2D eigenvalue weighted by Gasteiger charge is 2.45. The fourth-order valence-corrected chi connectivity index (χ4v) is 4.56. The molecule has 1 fully saturated rings. The lowest BCUT2D eigenvalue weighted by Crippen LogP contribution is -2.35. The van der Waals surface area contributed by atoms with Crippen LogP contribution in [0.15, 0.2) is 60.8 Å². The molecule has 0 unspecified atom stereocenters. The zero-order chi connectivity index (χ0) is 24.6. The second-order valence-electron chi connectivity index (χ2n) is 9.43. The monoisotopic (exact) mass is 469 g/mol. The summed E-state index contributed by atoms with van der Waals surface area (Å²) in [7, 11) is 5.86. The average Bonchev–Trinajstić information content (AvgIpc) is 3.67. The first-order chi connectivity index (χ1) is 16.9. The van der Waals surface area contributed by atoms with Crippen molar-refractivity contribution >= 4 is 38.8 Å². The van der Waals surface area contributed by atoms with E-state index in [4.69, 9.17) is 9.47 Å². The zero-order valence-electron chi connectivity index (χ0n) is 20.7.